The van der Waals surface area contributed by atoms with E-state index in [9.17, 15) is 13.2 Å². The third-order valence-electron chi connectivity index (χ3n) is 5.64. The average Bonchev–Trinajstić information content (AvgIpc) is 3.29. The summed E-state index contributed by atoms with van der Waals surface area (Å²) >= 11 is 0. The summed E-state index contributed by atoms with van der Waals surface area (Å²) in [7, 11) is 0. The molecule has 1 aliphatic rings. The fourth-order valence-corrected chi connectivity index (χ4v) is 4.02. The Balaban J connectivity index is 1.49. The molecular weight excluding hydrogens is 407 g/mol. The third kappa shape index (κ3) is 4.35. The maximum absolute atomic E-state index is 12.9. The molecule has 7 nitrogen and oxygen atoms in total. The van der Waals surface area contributed by atoms with Gasteiger partial charge in [0.1, 0.15) is 18.0 Å². The van der Waals surface area contributed by atoms with Crippen molar-refractivity contribution in [2.24, 2.45) is 5.73 Å². The van der Waals surface area contributed by atoms with E-state index in [1.165, 1.54) is 18.5 Å². The molecule has 0 spiro atoms. The molecule has 0 aliphatic carbocycles. The van der Waals surface area contributed by atoms with E-state index in [2.05, 4.69) is 24.8 Å². The van der Waals surface area contributed by atoms with Crippen molar-refractivity contribution in [2.45, 2.75) is 12.2 Å². The van der Waals surface area contributed by atoms with Crippen molar-refractivity contribution in [2.75, 3.05) is 43.4 Å². The molecule has 5 N–H and O–H groups in total. The van der Waals surface area contributed by atoms with Gasteiger partial charge in [-0.1, -0.05) is 12.1 Å². The summed E-state index contributed by atoms with van der Waals surface area (Å²) < 4.78 is 38.6. The summed E-state index contributed by atoms with van der Waals surface area (Å²) in [5, 5.41) is 0. The minimum Gasteiger partial charge on any atom is -0.383 e. The molecule has 31 heavy (non-hydrogen) atoms. The van der Waals surface area contributed by atoms with E-state index in [4.69, 9.17) is 11.5 Å². The van der Waals surface area contributed by atoms with Gasteiger partial charge < -0.3 is 21.4 Å². The van der Waals surface area contributed by atoms with Gasteiger partial charge in [-0.25, -0.2) is 9.97 Å². The maximum atomic E-state index is 12.9. The number of nitrogen functional groups attached to an aromatic ring is 1. The molecule has 10 heteroatoms. The number of nitrogens with two attached hydrogens (primary N) is 2. The smallest absolute Gasteiger partial charge is 0.383 e. The SMILES string of the molecule is NCC(c1ccc(C(F)(F)F)cc1)N1CCN(c2ncnc(N)c2-c2cc[nH]c2)CC1. The van der Waals surface area contributed by atoms with Gasteiger partial charge in [-0.05, 0) is 23.8 Å². The van der Waals surface area contributed by atoms with Crippen molar-refractivity contribution < 1.29 is 13.2 Å². The van der Waals surface area contributed by atoms with Crippen molar-refractivity contribution in [3.63, 3.8) is 0 Å². The minimum absolute atomic E-state index is 0.149. The van der Waals surface area contributed by atoms with Gasteiger partial charge in [-0.15, -0.1) is 0 Å². The Kier molecular flexibility index (Phi) is 5.84. The molecule has 3 aromatic rings. The molecule has 164 valence electrons. The number of piperazine rings is 1. The Morgan fingerprint density at radius 3 is 2.32 bits per heavy atom. The van der Waals surface area contributed by atoms with E-state index in [0.717, 1.165) is 34.6 Å². The maximum Gasteiger partial charge on any atom is 0.416 e. The first-order valence-corrected chi connectivity index (χ1v) is 9.98. The molecule has 0 bridgehead atoms. The van der Waals surface area contributed by atoms with Gasteiger partial charge in [0.05, 0.1) is 11.1 Å². The molecule has 1 saturated heterocycles. The predicted octanol–water partition coefficient (Wildman–Crippen LogP) is 2.89. The zero-order valence-electron chi connectivity index (χ0n) is 16.8. The Morgan fingerprint density at radius 1 is 1.03 bits per heavy atom. The number of alkyl halides is 3. The summed E-state index contributed by atoms with van der Waals surface area (Å²) in [6.07, 6.45) is 0.778. The normalized spacial score (nSPS) is 16.5. The predicted molar refractivity (Wildman–Crippen MR) is 113 cm³/mol. The quantitative estimate of drug-likeness (QED) is 0.575. The molecule has 0 amide bonds. The van der Waals surface area contributed by atoms with E-state index < -0.39 is 11.7 Å². The highest BCUT2D eigenvalue weighted by Crippen LogP contribution is 2.34. The number of nitrogens with zero attached hydrogens (tertiary/aromatic N) is 4. The van der Waals surface area contributed by atoms with Crippen LogP contribution in [0.25, 0.3) is 11.1 Å². The largest absolute Gasteiger partial charge is 0.416 e. The Morgan fingerprint density at radius 2 is 1.74 bits per heavy atom. The third-order valence-corrected chi connectivity index (χ3v) is 5.64. The fraction of sp³-hybridized carbons (Fsp3) is 0.333. The number of aromatic amines is 1. The lowest BCUT2D eigenvalue weighted by Gasteiger charge is -2.40. The summed E-state index contributed by atoms with van der Waals surface area (Å²) in [6.45, 7) is 3.08. The number of anilines is 2. The van der Waals surface area contributed by atoms with Crippen molar-refractivity contribution in [3.05, 3.63) is 60.2 Å². The highest BCUT2D eigenvalue weighted by atomic mass is 19.4. The Bertz CT molecular complexity index is 995. The summed E-state index contributed by atoms with van der Waals surface area (Å²) in [4.78, 5) is 16.0. The Hall–Kier alpha value is -3.11. The second-order valence-electron chi connectivity index (χ2n) is 7.45. The van der Waals surface area contributed by atoms with Gasteiger partial charge in [0.2, 0.25) is 0 Å². The standard InChI is InChI=1S/C21H24F3N7/c22-21(23,24)16-3-1-14(2-4-16)17(11-25)30-7-9-31(10-8-30)20-18(15-5-6-27-12-15)19(26)28-13-29-20/h1-6,12-13,17,27H,7-11,25H2,(H2,26,28,29). The summed E-state index contributed by atoms with van der Waals surface area (Å²) in [5.74, 6) is 1.18. The van der Waals surface area contributed by atoms with Crippen LogP contribution in [-0.2, 0) is 6.18 Å². The monoisotopic (exact) mass is 431 g/mol. The zero-order chi connectivity index (χ0) is 22.0. The first kappa shape index (κ1) is 21.1. The first-order chi connectivity index (χ1) is 14.9. The van der Waals surface area contributed by atoms with Crippen LogP contribution in [0.5, 0.6) is 0 Å². The van der Waals surface area contributed by atoms with Crippen LogP contribution in [0, 0.1) is 0 Å². The van der Waals surface area contributed by atoms with E-state index in [-0.39, 0.29) is 6.04 Å². The van der Waals surface area contributed by atoms with Crippen molar-refractivity contribution in [3.8, 4) is 11.1 Å². The molecule has 1 aliphatic heterocycles. The first-order valence-electron chi connectivity index (χ1n) is 9.98. The van der Waals surface area contributed by atoms with Crippen LogP contribution in [0.1, 0.15) is 17.2 Å². The lowest BCUT2D eigenvalue weighted by Crippen LogP contribution is -2.49. The number of hydrogen-bond acceptors (Lipinski definition) is 6. The van der Waals surface area contributed by atoms with Crippen molar-refractivity contribution >= 4 is 11.6 Å². The Labute approximate surface area is 177 Å². The molecule has 0 radical (unpaired) electrons. The van der Waals surface area contributed by atoms with Gasteiger partial charge in [0.15, 0.2) is 0 Å². The van der Waals surface area contributed by atoms with Crippen LogP contribution in [0.2, 0.25) is 0 Å². The number of H-pyrrole nitrogens is 1. The number of halogens is 3. The topological polar surface area (TPSA) is 100 Å². The van der Waals surface area contributed by atoms with Crippen LogP contribution in [0.15, 0.2) is 49.1 Å². The molecule has 0 saturated carbocycles. The van der Waals surface area contributed by atoms with Gasteiger partial charge in [0.25, 0.3) is 0 Å². The molecular formula is C21H24F3N7. The molecule has 1 unspecified atom stereocenters. The van der Waals surface area contributed by atoms with Crippen molar-refractivity contribution in [1.82, 2.24) is 19.9 Å². The van der Waals surface area contributed by atoms with E-state index in [1.54, 1.807) is 0 Å². The minimum atomic E-state index is -4.35. The molecule has 4 rings (SSSR count). The molecule has 1 aromatic carbocycles. The van der Waals surface area contributed by atoms with Gasteiger partial charge in [-0.3, -0.25) is 4.90 Å². The van der Waals surface area contributed by atoms with E-state index >= 15 is 0 Å². The van der Waals surface area contributed by atoms with Crippen molar-refractivity contribution in [1.29, 1.82) is 0 Å². The number of aromatic nitrogens is 3. The number of nitrogens with one attached hydrogen (secondary N) is 1. The summed E-state index contributed by atoms with van der Waals surface area (Å²) in [5.41, 5.74) is 14.0. The fourth-order valence-electron chi connectivity index (χ4n) is 4.02. The molecule has 1 atom stereocenters. The van der Waals surface area contributed by atoms with Crippen LogP contribution >= 0.6 is 0 Å². The molecule has 2 aromatic heterocycles. The zero-order valence-corrected chi connectivity index (χ0v) is 16.8. The number of hydrogen-bond donors (Lipinski definition) is 3. The second kappa shape index (κ2) is 8.56. The molecule has 3 heterocycles. The summed E-state index contributed by atoms with van der Waals surface area (Å²) in [6, 6.07) is 7.03. The van der Waals surface area contributed by atoms with Crippen LogP contribution in [0.3, 0.4) is 0 Å². The highest BCUT2D eigenvalue weighted by molar-refractivity contribution is 5.83. The number of rotatable bonds is 5. The second-order valence-corrected chi connectivity index (χ2v) is 7.45. The molecule has 1 fully saturated rings. The lowest BCUT2D eigenvalue weighted by atomic mass is 10.0. The van der Waals surface area contributed by atoms with Crippen LogP contribution < -0.4 is 16.4 Å². The van der Waals surface area contributed by atoms with Crippen LogP contribution in [-0.4, -0.2) is 52.6 Å². The highest BCUT2D eigenvalue weighted by Gasteiger charge is 2.31. The van der Waals surface area contributed by atoms with Crippen LogP contribution in [0.4, 0.5) is 24.8 Å². The van der Waals surface area contributed by atoms with E-state index in [1.807, 2.05) is 18.5 Å². The average molecular weight is 431 g/mol. The lowest BCUT2D eigenvalue weighted by molar-refractivity contribution is -0.137. The van der Waals surface area contributed by atoms with Gasteiger partial charge in [0, 0.05) is 56.7 Å². The number of benzene rings is 1. The van der Waals surface area contributed by atoms with Gasteiger partial charge in [-0.2, -0.15) is 13.2 Å². The van der Waals surface area contributed by atoms with Gasteiger partial charge >= 0.3 is 6.18 Å². The van der Waals surface area contributed by atoms with E-state index in [0.29, 0.717) is 38.5 Å².